The maximum Gasteiger partial charge on any atom is 0.0334 e. The molecular formula is C13H26N2. The molecule has 0 radical (unpaired) electrons. The predicted octanol–water partition coefficient (Wildman–Crippen LogP) is 2.24. The van der Waals surface area contributed by atoms with Crippen molar-refractivity contribution in [1.29, 1.82) is 0 Å². The minimum absolute atomic E-state index is 0.380. The molecule has 1 aliphatic carbocycles. The molecule has 3 atom stereocenters. The molecule has 1 heterocycles. The fourth-order valence-electron chi connectivity index (χ4n) is 3.53. The number of nitrogens with two attached hydrogens (primary N) is 1. The highest BCUT2D eigenvalue weighted by Gasteiger charge is 2.43. The van der Waals surface area contributed by atoms with Crippen molar-refractivity contribution in [2.24, 2.45) is 17.6 Å². The summed E-state index contributed by atoms with van der Waals surface area (Å²) in [6.07, 6.45) is 6.81. The van der Waals surface area contributed by atoms with Crippen molar-refractivity contribution in [3.8, 4) is 0 Å². The lowest BCUT2D eigenvalue weighted by molar-refractivity contribution is 0.121. The van der Waals surface area contributed by atoms with E-state index in [0.29, 0.717) is 5.54 Å². The number of rotatable bonds is 3. The fraction of sp³-hybridized carbons (Fsp3) is 1.00. The van der Waals surface area contributed by atoms with Gasteiger partial charge in [-0.25, -0.2) is 0 Å². The molecule has 2 N–H and O–H groups in total. The van der Waals surface area contributed by atoms with Crippen molar-refractivity contribution >= 4 is 0 Å². The van der Waals surface area contributed by atoms with Crippen LogP contribution in [0.25, 0.3) is 0 Å². The molecule has 0 amide bonds. The number of nitrogens with zero attached hydrogens (tertiary/aromatic N) is 1. The third kappa shape index (κ3) is 2.07. The zero-order valence-corrected chi connectivity index (χ0v) is 10.3. The predicted molar refractivity (Wildman–Crippen MR) is 64.8 cm³/mol. The van der Waals surface area contributed by atoms with Gasteiger partial charge < -0.3 is 5.73 Å². The fourth-order valence-corrected chi connectivity index (χ4v) is 3.53. The summed E-state index contributed by atoms with van der Waals surface area (Å²) in [7, 11) is 0. The van der Waals surface area contributed by atoms with Crippen molar-refractivity contribution in [3.63, 3.8) is 0 Å². The Hall–Kier alpha value is -0.0800. The van der Waals surface area contributed by atoms with Gasteiger partial charge in [0.05, 0.1) is 0 Å². The molecule has 1 saturated carbocycles. The Kier molecular flexibility index (Phi) is 3.36. The lowest BCUT2D eigenvalue weighted by atomic mass is 9.93. The van der Waals surface area contributed by atoms with Crippen molar-refractivity contribution < 1.29 is 0 Å². The van der Waals surface area contributed by atoms with E-state index in [1.165, 1.54) is 45.2 Å². The normalized spacial score (nSPS) is 42.6. The Morgan fingerprint density at radius 3 is 2.67 bits per heavy atom. The Morgan fingerprint density at radius 1 is 1.40 bits per heavy atom. The van der Waals surface area contributed by atoms with Gasteiger partial charge in [0.25, 0.3) is 0 Å². The van der Waals surface area contributed by atoms with Crippen LogP contribution in [0.3, 0.4) is 0 Å². The standard InChI is InChI=1S/C13H26N2/c1-3-12-4-6-13(8-12,10-14)15-7-5-11(2)9-15/h11-12H,3-10,14H2,1-2H3. The van der Waals surface area contributed by atoms with E-state index in [9.17, 15) is 0 Å². The monoisotopic (exact) mass is 210 g/mol. The van der Waals surface area contributed by atoms with Gasteiger partial charge in [-0.05, 0) is 44.1 Å². The summed E-state index contributed by atoms with van der Waals surface area (Å²) >= 11 is 0. The maximum atomic E-state index is 6.07. The number of hydrogen-bond acceptors (Lipinski definition) is 2. The van der Waals surface area contributed by atoms with E-state index < -0.39 is 0 Å². The van der Waals surface area contributed by atoms with E-state index in [4.69, 9.17) is 5.73 Å². The van der Waals surface area contributed by atoms with Gasteiger partial charge in [0.1, 0.15) is 0 Å². The van der Waals surface area contributed by atoms with Crippen LogP contribution >= 0.6 is 0 Å². The highest BCUT2D eigenvalue weighted by Crippen LogP contribution is 2.41. The topological polar surface area (TPSA) is 29.3 Å². The van der Waals surface area contributed by atoms with Gasteiger partial charge in [0, 0.05) is 18.6 Å². The summed E-state index contributed by atoms with van der Waals surface area (Å²) < 4.78 is 0. The first-order chi connectivity index (χ1) is 7.20. The van der Waals surface area contributed by atoms with Crippen LogP contribution in [0.15, 0.2) is 0 Å². The van der Waals surface area contributed by atoms with Crippen LogP contribution in [0.4, 0.5) is 0 Å². The van der Waals surface area contributed by atoms with Crippen LogP contribution < -0.4 is 5.73 Å². The van der Waals surface area contributed by atoms with Crippen LogP contribution in [0.1, 0.15) is 46.0 Å². The van der Waals surface area contributed by atoms with E-state index in [0.717, 1.165) is 18.4 Å². The largest absolute Gasteiger partial charge is 0.329 e. The highest BCUT2D eigenvalue weighted by atomic mass is 15.2. The summed E-state index contributed by atoms with van der Waals surface area (Å²) in [6, 6.07) is 0. The van der Waals surface area contributed by atoms with Crippen LogP contribution in [0.5, 0.6) is 0 Å². The molecule has 0 aromatic carbocycles. The number of likely N-dealkylation sites (tertiary alicyclic amines) is 1. The van der Waals surface area contributed by atoms with Crippen LogP contribution in [-0.2, 0) is 0 Å². The molecule has 2 rings (SSSR count). The van der Waals surface area contributed by atoms with Gasteiger partial charge in [-0.3, -0.25) is 4.90 Å². The first-order valence-corrected chi connectivity index (χ1v) is 6.65. The van der Waals surface area contributed by atoms with E-state index >= 15 is 0 Å². The molecule has 2 aliphatic rings. The Morgan fingerprint density at radius 2 is 2.20 bits per heavy atom. The summed E-state index contributed by atoms with van der Waals surface area (Å²) in [4.78, 5) is 2.70. The molecule has 0 aromatic heterocycles. The van der Waals surface area contributed by atoms with Gasteiger partial charge >= 0.3 is 0 Å². The average molecular weight is 210 g/mol. The van der Waals surface area contributed by atoms with Gasteiger partial charge in [-0.15, -0.1) is 0 Å². The van der Waals surface area contributed by atoms with Crippen molar-refractivity contribution in [2.45, 2.75) is 51.5 Å². The maximum absolute atomic E-state index is 6.07. The summed E-state index contributed by atoms with van der Waals surface area (Å²) in [5.41, 5.74) is 6.45. The lowest BCUT2D eigenvalue weighted by Crippen LogP contribution is -2.51. The second kappa shape index (κ2) is 4.42. The molecule has 0 spiro atoms. The number of hydrogen-bond donors (Lipinski definition) is 1. The summed E-state index contributed by atoms with van der Waals surface area (Å²) in [5, 5.41) is 0. The molecule has 0 bridgehead atoms. The zero-order valence-electron chi connectivity index (χ0n) is 10.3. The molecule has 0 aromatic rings. The summed E-state index contributed by atoms with van der Waals surface area (Å²) in [5.74, 6) is 1.82. The average Bonchev–Trinajstić information content (AvgIpc) is 2.84. The first-order valence-electron chi connectivity index (χ1n) is 6.65. The quantitative estimate of drug-likeness (QED) is 0.774. The van der Waals surface area contributed by atoms with Gasteiger partial charge in [0.15, 0.2) is 0 Å². The van der Waals surface area contributed by atoms with E-state index in [2.05, 4.69) is 18.7 Å². The molecule has 15 heavy (non-hydrogen) atoms. The molecule has 3 unspecified atom stereocenters. The van der Waals surface area contributed by atoms with Crippen molar-refractivity contribution in [2.75, 3.05) is 19.6 Å². The molecule has 2 fully saturated rings. The highest BCUT2D eigenvalue weighted by molar-refractivity contribution is 5.00. The minimum Gasteiger partial charge on any atom is -0.329 e. The molecule has 2 heteroatoms. The Labute approximate surface area is 94.2 Å². The molecule has 1 aliphatic heterocycles. The van der Waals surface area contributed by atoms with Gasteiger partial charge in [-0.2, -0.15) is 0 Å². The van der Waals surface area contributed by atoms with Crippen LogP contribution in [0.2, 0.25) is 0 Å². The van der Waals surface area contributed by atoms with Gasteiger partial charge in [0.2, 0.25) is 0 Å². The molecular weight excluding hydrogens is 184 g/mol. The third-order valence-corrected chi connectivity index (χ3v) is 4.74. The van der Waals surface area contributed by atoms with E-state index in [1.54, 1.807) is 0 Å². The van der Waals surface area contributed by atoms with Crippen molar-refractivity contribution in [1.82, 2.24) is 4.90 Å². The van der Waals surface area contributed by atoms with Gasteiger partial charge in [-0.1, -0.05) is 20.3 Å². The molecule has 88 valence electrons. The van der Waals surface area contributed by atoms with Crippen molar-refractivity contribution in [3.05, 3.63) is 0 Å². The Balaban J connectivity index is 2.03. The third-order valence-electron chi connectivity index (χ3n) is 4.74. The molecule has 2 nitrogen and oxygen atoms in total. The zero-order chi connectivity index (χ0) is 10.9. The smallest absolute Gasteiger partial charge is 0.0334 e. The minimum atomic E-state index is 0.380. The molecule has 1 saturated heterocycles. The van der Waals surface area contributed by atoms with Crippen LogP contribution in [-0.4, -0.2) is 30.1 Å². The SMILES string of the molecule is CCC1CCC(CN)(N2CCC(C)C2)C1. The first kappa shape index (κ1) is 11.4. The second-order valence-electron chi connectivity index (χ2n) is 5.79. The van der Waals surface area contributed by atoms with E-state index in [-0.39, 0.29) is 0 Å². The van der Waals surface area contributed by atoms with Crippen LogP contribution in [0, 0.1) is 11.8 Å². The second-order valence-corrected chi connectivity index (χ2v) is 5.79. The Bertz CT molecular complexity index is 217. The lowest BCUT2D eigenvalue weighted by Gasteiger charge is -2.38. The summed E-state index contributed by atoms with van der Waals surface area (Å²) in [6.45, 7) is 8.14. The van der Waals surface area contributed by atoms with E-state index in [1.807, 2.05) is 0 Å².